The summed E-state index contributed by atoms with van der Waals surface area (Å²) < 4.78 is 4.82. The van der Waals surface area contributed by atoms with Crippen molar-refractivity contribution in [1.82, 2.24) is 16.0 Å². The van der Waals surface area contributed by atoms with Crippen LogP contribution in [-0.4, -0.2) is 49.2 Å². The number of fused-ring (bicyclic) bond motifs is 1. The third-order valence-corrected chi connectivity index (χ3v) is 6.36. The van der Waals surface area contributed by atoms with Crippen LogP contribution < -0.4 is 20.9 Å². The number of para-hydroxylation sites is 1. The largest absolute Gasteiger partial charge is 0.465 e. The van der Waals surface area contributed by atoms with Crippen molar-refractivity contribution in [2.24, 2.45) is 0 Å². The Morgan fingerprint density at radius 1 is 1.06 bits per heavy atom. The van der Waals surface area contributed by atoms with Crippen LogP contribution >= 0.6 is 0 Å². The van der Waals surface area contributed by atoms with Gasteiger partial charge in [0.15, 0.2) is 0 Å². The highest BCUT2D eigenvalue weighted by molar-refractivity contribution is 5.95. The third-order valence-electron chi connectivity index (χ3n) is 6.36. The van der Waals surface area contributed by atoms with E-state index in [0.29, 0.717) is 19.1 Å². The van der Waals surface area contributed by atoms with Crippen LogP contribution in [0.5, 0.6) is 0 Å². The predicted molar refractivity (Wildman–Crippen MR) is 123 cm³/mol. The summed E-state index contributed by atoms with van der Waals surface area (Å²) in [7, 11) is 0. The van der Waals surface area contributed by atoms with Gasteiger partial charge in [0, 0.05) is 36.3 Å². The normalized spacial score (nSPS) is 24.9. The Labute approximate surface area is 190 Å². The number of urea groups is 1. The molecule has 2 aliphatic rings. The van der Waals surface area contributed by atoms with Gasteiger partial charge in [-0.1, -0.05) is 25.1 Å². The zero-order valence-corrected chi connectivity index (χ0v) is 19.4. The number of hydrogen-bond donors (Lipinski definition) is 3. The minimum absolute atomic E-state index is 0.102. The summed E-state index contributed by atoms with van der Waals surface area (Å²) in [4.78, 5) is 37.9. The number of nitrogens with one attached hydrogen (secondary N) is 3. The number of benzene rings is 1. The predicted octanol–water partition coefficient (Wildman–Crippen LogP) is 3.03. The molecule has 1 heterocycles. The average Bonchev–Trinajstić information content (AvgIpc) is 2.79. The number of carbonyl (C=O) groups excluding carboxylic acids is 3. The van der Waals surface area contributed by atoms with Crippen molar-refractivity contribution in [2.45, 2.75) is 83.5 Å². The van der Waals surface area contributed by atoms with Crippen molar-refractivity contribution in [3.05, 3.63) is 29.8 Å². The zero-order chi connectivity index (χ0) is 23.1. The van der Waals surface area contributed by atoms with E-state index in [1.807, 2.05) is 30.0 Å². The summed E-state index contributed by atoms with van der Waals surface area (Å²) in [5, 5.41) is 9.33. The van der Waals surface area contributed by atoms with Gasteiger partial charge in [-0.3, -0.25) is 9.59 Å². The molecule has 0 saturated heterocycles. The van der Waals surface area contributed by atoms with Gasteiger partial charge in [-0.05, 0) is 57.6 Å². The maximum absolute atomic E-state index is 12.5. The average molecular weight is 445 g/mol. The SMILES string of the molecule is CCOC(=O)CNC(=O)NC1CCC(N[C@@H]2C[C@H](C)N(C(=O)CC)c3ccccc32)CC1. The summed E-state index contributed by atoms with van der Waals surface area (Å²) in [6, 6.07) is 8.70. The number of carbonyl (C=O) groups is 3. The molecule has 1 aliphatic heterocycles. The van der Waals surface area contributed by atoms with Crippen molar-refractivity contribution in [1.29, 1.82) is 0 Å². The van der Waals surface area contributed by atoms with E-state index in [0.717, 1.165) is 37.8 Å². The number of ether oxygens (including phenoxy) is 1. The van der Waals surface area contributed by atoms with Gasteiger partial charge in [0.05, 0.1) is 6.61 Å². The molecule has 0 bridgehead atoms. The first-order valence-electron chi connectivity index (χ1n) is 11.8. The lowest BCUT2D eigenvalue weighted by molar-refractivity contribution is -0.141. The van der Waals surface area contributed by atoms with Gasteiger partial charge < -0.3 is 25.6 Å². The second-order valence-electron chi connectivity index (χ2n) is 8.66. The van der Waals surface area contributed by atoms with Crippen molar-refractivity contribution in [3.8, 4) is 0 Å². The zero-order valence-electron chi connectivity index (χ0n) is 19.4. The van der Waals surface area contributed by atoms with Gasteiger partial charge in [-0.2, -0.15) is 0 Å². The van der Waals surface area contributed by atoms with E-state index in [1.54, 1.807) is 6.92 Å². The van der Waals surface area contributed by atoms with Crippen LogP contribution in [0.15, 0.2) is 24.3 Å². The van der Waals surface area contributed by atoms with Crippen molar-refractivity contribution >= 4 is 23.6 Å². The van der Waals surface area contributed by atoms with Gasteiger partial charge in [0.1, 0.15) is 6.54 Å². The molecule has 1 aromatic carbocycles. The van der Waals surface area contributed by atoms with Crippen LogP contribution in [0.4, 0.5) is 10.5 Å². The quantitative estimate of drug-likeness (QED) is 0.562. The Balaban J connectivity index is 1.51. The van der Waals surface area contributed by atoms with Crippen LogP contribution in [-0.2, 0) is 14.3 Å². The second-order valence-corrected chi connectivity index (χ2v) is 8.66. The Morgan fingerprint density at radius 3 is 2.44 bits per heavy atom. The highest BCUT2D eigenvalue weighted by Crippen LogP contribution is 2.38. The maximum Gasteiger partial charge on any atom is 0.325 e. The smallest absolute Gasteiger partial charge is 0.325 e. The third kappa shape index (κ3) is 6.00. The summed E-state index contributed by atoms with van der Waals surface area (Å²) >= 11 is 0. The molecule has 1 saturated carbocycles. The van der Waals surface area contributed by atoms with Crippen LogP contribution in [0.25, 0.3) is 0 Å². The molecule has 32 heavy (non-hydrogen) atoms. The summed E-state index contributed by atoms with van der Waals surface area (Å²) in [5.41, 5.74) is 2.20. The van der Waals surface area contributed by atoms with Crippen molar-refractivity contribution in [3.63, 3.8) is 0 Å². The number of esters is 1. The van der Waals surface area contributed by atoms with Gasteiger partial charge in [0.25, 0.3) is 0 Å². The molecular formula is C24H36N4O4. The van der Waals surface area contributed by atoms with E-state index in [1.165, 1.54) is 5.56 Å². The minimum atomic E-state index is -0.434. The second kappa shape index (κ2) is 11.3. The Kier molecular flexibility index (Phi) is 8.50. The Morgan fingerprint density at radius 2 is 1.75 bits per heavy atom. The molecule has 2 atom stereocenters. The number of anilines is 1. The van der Waals surface area contributed by atoms with E-state index in [2.05, 4.69) is 28.9 Å². The fraction of sp³-hybridized carbons (Fsp3) is 0.625. The standard InChI is InChI=1S/C24H36N4O4/c1-4-22(29)28-16(3)14-20(19-8-6-7-9-21(19)28)26-17-10-12-18(13-11-17)27-24(31)25-15-23(30)32-5-2/h6-9,16-18,20,26H,4-5,10-15H2,1-3H3,(H2,25,27,31)/t16-,17?,18?,20+/m0/s1. The molecule has 1 aliphatic carbocycles. The summed E-state index contributed by atoms with van der Waals surface area (Å²) in [5.74, 6) is -0.270. The van der Waals surface area contributed by atoms with Crippen molar-refractivity contribution < 1.29 is 19.1 Å². The first-order valence-corrected chi connectivity index (χ1v) is 11.8. The monoisotopic (exact) mass is 444 g/mol. The van der Waals surface area contributed by atoms with E-state index in [4.69, 9.17) is 4.74 Å². The van der Waals surface area contributed by atoms with Crippen LogP contribution in [0.3, 0.4) is 0 Å². The molecule has 0 radical (unpaired) electrons. The van der Waals surface area contributed by atoms with Gasteiger partial charge >= 0.3 is 12.0 Å². The number of hydrogen-bond acceptors (Lipinski definition) is 5. The molecular weight excluding hydrogens is 408 g/mol. The lowest BCUT2D eigenvalue weighted by atomic mass is 9.87. The lowest BCUT2D eigenvalue weighted by Crippen LogP contribution is -2.49. The molecule has 8 nitrogen and oxygen atoms in total. The van der Waals surface area contributed by atoms with E-state index in [-0.39, 0.29) is 36.6 Å². The summed E-state index contributed by atoms with van der Waals surface area (Å²) in [6.07, 6.45) is 5.09. The van der Waals surface area contributed by atoms with E-state index >= 15 is 0 Å². The fourth-order valence-corrected chi connectivity index (χ4v) is 4.81. The van der Waals surface area contributed by atoms with Gasteiger partial charge in [-0.25, -0.2) is 4.79 Å². The molecule has 3 rings (SSSR count). The molecule has 1 aromatic rings. The lowest BCUT2D eigenvalue weighted by Gasteiger charge is -2.41. The first kappa shape index (κ1) is 24.0. The molecule has 3 N–H and O–H groups in total. The molecule has 0 spiro atoms. The molecule has 1 fully saturated rings. The van der Waals surface area contributed by atoms with Crippen molar-refractivity contribution in [2.75, 3.05) is 18.1 Å². The van der Waals surface area contributed by atoms with E-state index in [9.17, 15) is 14.4 Å². The fourth-order valence-electron chi connectivity index (χ4n) is 4.81. The molecule has 8 heteroatoms. The first-order chi connectivity index (χ1) is 15.4. The number of nitrogens with zero attached hydrogens (tertiary/aromatic N) is 1. The van der Waals surface area contributed by atoms with Crippen LogP contribution in [0.2, 0.25) is 0 Å². The van der Waals surface area contributed by atoms with Crippen LogP contribution in [0.1, 0.15) is 70.9 Å². The van der Waals surface area contributed by atoms with Gasteiger partial charge in [-0.15, -0.1) is 0 Å². The Hall–Kier alpha value is -2.61. The number of amides is 3. The molecule has 176 valence electrons. The topological polar surface area (TPSA) is 99.8 Å². The van der Waals surface area contributed by atoms with E-state index < -0.39 is 5.97 Å². The molecule has 0 aromatic heterocycles. The molecule has 0 unspecified atom stereocenters. The highest BCUT2D eigenvalue weighted by atomic mass is 16.5. The summed E-state index contributed by atoms with van der Waals surface area (Å²) in [6.45, 7) is 5.95. The molecule has 3 amide bonds. The Bertz CT molecular complexity index is 807. The van der Waals surface area contributed by atoms with Gasteiger partial charge in [0.2, 0.25) is 5.91 Å². The number of rotatable bonds is 7. The highest BCUT2D eigenvalue weighted by Gasteiger charge is 2.34. The van der Waals surface area contributed by atoms with Crippen LogP contribution in [0, 0.1) is 0 Å². The minimum Gasteiger partial charge on any atom is -0.465 e. The maximum atomic E-state index is 12.5.